The molecule has 8 nitrogen and oxygen atoms in total. The van der Waals surface area contributed by atoms with Crippen LogP contribution in [0.2, 0.25) is 0 Å². The molecule has 0 heterocycles. The first-order valence-corrected chi connectivity index (χ1v) is 2.29. The summed E-state index contributed by atoms with van der Waals surface area (Å²) in [7, 11) is 0. The lowest BCUT2D eigenvalue weighted by Crippen LogP contribution is -2.26. The summed E-state index contributed by atoms with van der Waals surface area (Å²) in [6.07, 6.45) is 0. The monoisotopic (exact) mass is 162 g/mol. The Balaban J connectivity index is 3.89. The summed E-state index contributed by atoms with van der Waals surface area (Å²) in [6.45, 7) is 0. The number of carbonyl (C=O) groups excluding carboxylic acids is 2. The zero-order valence-electron chi connectivity index (χ0n) is 5.31. The minimum Gasteiger partial charge on any atom is -0.367 e. The second-order valence-corrected chi connectivity index (χ2v) is 1.30. The van der Waals surface area contributed by atoms with E-state index in [9.17, 15) is 9.59 Å². The lowest BCUT2D eigenvalue weighted by molar-refractivity contribution is -0.168. The molecule has 0 rings (SSSR count). The Bertz CT molecular complexity index is 196. The van der Waals surface area contributed by atoms with Gasteiger partial charge >= 0.3 is 11.9 Å². The quantitative estimate of drug-likeness (QED) is 0.124. The number of guanidine groups is 1. The average molecular weight is 162 g/mol. The Kier molecular flexibility index (Phi) is 3.39. The first kappa shape index (κ1) is 9.17. The van der Waals surface area contributed by atoms with Crippen LogP contribution in [-0.4, -0.2) is 17.9 Å². The molecule has 0 saturated heterocycles. The van der Waals surface area contributed by atoms with E-state index in [4.69, 9.17) is 11.5 Å². The van der Waals surface area contributed by atoms with Crippen molar-refractivity contribution in [1.29, 1.82) is 0 Å². The largest absolute Gasteiger partial charge is 0.445 e. The van der Waals surface area contributed by atoms with Crippen molar-refractivity contribution in [3.63, 3.8) is 0 Å². The van der Waals surface area contributed by atoms with Crippen LogP contribution in [0.25, 0.3) is 0 Å². The zero-order valence-corrected chi connectivity index (χ0v) is 5.31. The molecule has 0 atom stereocenters. The number of hydrogen-bond donors (Lipinski definition) is 3. The molecule has 0 aliphatic carbocycles. The molecule has 0 bridgehead atoms. The normalized spacial score (nSPS) is 8.09. The number of hydrogen-bond acceptors (Lipinski definition) is 6. The van der Waals surface area contributed by atoms with E-state index in [2.05, 4.69) is 20.7 Å². The van der Waals surface area contributed by atoms with Crippen molar-refractivity contribution in [2.75, 3.05) is 0 Å². The van der Waals surface area contributed by atoms with E-state index < -0.39 is 17.9 Å². The van der Waals surface area contributed by atoms with Gasteiger partial charge in [-0.15, -0.1) is 0 Å². The number of oxime groups is 1. The number of rotatable bonds is 1. The molecule has 62 valence electrons. The van der Waals surface area contributed by atoms with Gasteiger partial charge in [-0.3, -0.25) is 0 Å². The molecule has 0 fully saturated rings. The molecule has 0 saturated carbocycles. The predicted octanol–water partition coefficient (Wildman–Crippen LogP) is -2.87. The maximum absolute atomic E-state index is 10.3. The third-order valence-electron chi connectivity index (χ3n) is 0.508. The first-order chi connectivity index (χ1) is 5.07. The van der Waals surface area contributed by atoms with E-state index in [0.29, 0.717) is 0 Å². The molecule has 0 aromatic carbocycles. The molecule has 0 aliphatic heterocycles. The second-order valence-electron chi connectivity index (χ2n) is 1.30. The van der Waals surface area contributed by atoms with E-state index in [1.165, 1.54) is 0 Å². The van der Waals surface area contributed by atoms with Crippen molar-refractivity contribution < 1.29 is 19.3 Å². The average Bonchev–Trinajstić information content (AvgIpc) is 1.98. The maximum Gasteiger partial charge on any atom is 0.445 e. The van der Waals surface area contributed by atoms with Gasteiger partial charge < -0.3 is 21.1 Å². The summed E-state index contributed by atoms with van der Waals surface area (Å²) < 4.78 is 0. The molecule has 0 unspecified atom stereocenters. The summed E-state index contributed by atoms with van der Waals surface area (Å²) in [5.74, 6) is 1.03. The fourth-order valence-electron chi connectivity index (χ4n) is 0.180. The highest BCUT2D eigenvalue weighted by Crippen LogP contribution is 1.80. The van der Waals surface area contributed by atoms with Gasteiger partial charge in [-0.25, -0.2) is 9.59 Å². The Morgan fingerprint density at radius 3 is 2.09 bits per heavy atom. The lowest BCUT2D eigenvalue weighted by atomic mass is 10.7. The van der Waals surface area contributed by atoms with Gasteiger partial charge in [-0.2, -0.15) is 5.90 Å². The van der Waals surface area contributed by atoms with Crippen LogP contribution in [-0.2, 0) is 19.3 Å². The van der Waals surface area contributed by atoms with Crippen LogP contribution in [0.3, 0.4) is 0 Å². The van der Waals surface area contributed by atoms with Gasteiger partial charge in [-0.05, 0) is 5.16 Å². The first-order valence-electron chi connectivity index (χ1n) is 2.29. The molecule has 0 radical (unpaired) electrons. The SMILES string of the molecule is NOC(=O)C(=O)ON=C(N)N. The Morgan fingerprint density at radius 2 is 1.73 bits per heavy atom. The van der Waals surface area contributed by atoms with Crippen molar-refractivity contribution in [3.05, 3.63) is 0 Å². The lowest BCUT2D eigenvalue weighted by Gasteiger charge is -1.93. The van der Waals surface area contributed by atoms with Gasteiger partial charge in [0.25, 0.3) is 0 Å². The van der Waals surface area contributed by atoms with Crippen LogP contribution in [0.4, 0.5) is 0 Å². The number of nitrogens with two attached hydrogens (primary N) is 3. The van der Waals surface area contributed by atoms with Crippen LogP contribution < -0.4 is 17.4 Å². The van der Waals surface area contributed by atoms with Gasteiger partial charge in [0.2, 0.25) is 5.96 Å². The third kappa shape index (κ3) is 3.70. The van der Waals surface area contributed by atoms with E-state index in [1.807, 2.05) is 0 Å². The number of carbonyl (C=O) groups is 2. The van der Waals surface area contributed by atoms with Crippen molar-refractivity contribution >= 4 is 17.9 Å². The number of nitrogens with zero attached hydrogens (tertiary/aromatic N) is 1. The fourth-order valence-corrected chi connectivity index (χ4v) is 0.180. The standard InChI is InChI=1S/C3H6N4O4/c4-3(5)7-11-2(9)1(8)10-6/h6H2,(H4,4,5,7). The summed E-state index contributed by atoms with van der Waals surface area (Å²) in [5.41, 5.74) is 9.50. The summed E-state index contributed by atoms with van der Waals surface area (Å²) in [6, 6.07) is 0. The van der Waals surface area contributed by atoms with Crippen molar-refractivity contribution in [2.45, 2.75) is 0 Å². The molecular formula is C3H6N4O4. The predicted molar refractivity (Wildman–Crippen MR) is 32.2 cm³/mol. The summed E-state index contributed by atoms with van der Waals surface area (Å²) in [4.78, 5) is 27.7. The minimum atomic E-state index is -1.40. The molecule has 0 amide bonds. The molecular weight excluding hydrogens is 156 g/mol. The van der Waals surface area contributed by atoms with Gasteiger partial charge in [0.05, 0.1) is 0 Å². The van der Waals surface area contributed by atoms with Gasteiger partial charge in [0, 0.05) is 0 Å². The zero-order chi connectivity index (χ0) is 8.85. The van der Waals surface area contributed by atoms with Gasteiger partial charge in [0.15, 0.2) is 0 Å². The molecule has 0 aromatic heterocycles. The van der Waals surface area contributed by atoms with Gasteiger partial charge in [-0.1, -0.05) is 0 Å². The van der Waals surface area contributed by atoms with Crippen molar-refractivity contribution in [2.24, 2.45) is 22.5 Å². The molecule has 6 N–H and O–H groups in total. The van der Waals surface area contributed by atoms with Crippen LogP contribution >= 0.6 is 0 Å². The van der Waals surface area contributed by atoms with Crippen LogP contribution in [0.5, 0.6) is 0 Å². The highest BCUT2D eigenvalue weighted by molar-refractivity contribution is 6.29. The highest BCUT2D eigenvalue weighted by Gasteiger charge is 2.16. The van der Waals surface area contributed by atoms with Gasteiger partial charge in [0.1, 0.15) is 0 Å². The fraction of sp³-hybridized carbons (Fsp3) is 0. The molecule has 8 heteroatoms. The van der Waals surface area contributed by atoms with Crippen LogP contribution in [0.15, 0.2) is 5.16 Å². The van der Waals surface area contributed by atoms with Crippen molar-refractivity contribution in [3.8, 4) is 0 Å². The topological polar surface area (TPSA) is 143 Å². The Morgan fingerprint density at radius 1 is 1.18 bits per heavy atom. The molecule has 11 heavy (non-hydrogen) atoms. The van der Waals surface area contributed by atoms with E-state index in [1.54, 1.807) is 0 Å². The van der Waals surface area contributed by atoms with E-state index >= 15 is 0 Å². The van der Waals surface area contributed by atoms with Crippen molar-refractivity contribution in [1.82, 2.24) is 0 Å². The Hall–Kier alpha value is -1.83. The van der Waals surface area contributed by atoms with E-state index in [-0.39, 0.29) is 0 Å². The van der Waals surface area contributed by atoms with Crippen LogP contribution in [0.1, 0.15) is 0 Å². The molecule has 0 aliphatic rings. The smallest absolute Gasteiger partial charge is 0.367 e. The molecule has 0 aromatic rings. The Labute approximate surface area is 60.8 Å². The highest BCUT2D eigenvalue weighted by atomic mass is 16.7. The third-order valence-corrected chi connectivity index (χ3v) is 0.508. The molecule has 0 spiro atoms. The second kappa shape index (κ2) is 4.06. The summed E-state index contributed by atoms with van der Waals surface area (Å²) >= 11 is 0. The maximum atomic E-state index is 10.3. The summed E-state index contributed by atoms with van der Waals surface area (Å²) in [5, 5.41) is 2.76. The van der Waals surface area contributed by atoms with Crippen LogP contribution in [0, 0.1) is 0 Å². The van der Waals surface area contributed by atoms with E-state index in [0.717, 1.165) is 0 Å². The minimum absolute atomic E-state index is 0.497.